The predicted octanol–water partition coefficient (Wildman–Crippen LogP) is 1.32. The Bertz CT molecular complexity index is 154. The van der Waals surface area contributed by atoms with E-state index in [1.807, 2.05) is 0 Å². The van der Waals surface area contributed by atoms with E-state index in [2.05, 4.69) is 16.1 Å². The van der Waals surface area contributed by atoms with E-state index in [0.717, 1.165) is 19.1 Å². The molecule has 1 atom stereocenters. The van der Waals surface area contributed by atoms with Gasteiger partial charge in [0.1, 0.15) is 0 Å². The number of nitrogens with zero attached hydrogens (tertiary/aromatic N) is 2. The lowest BCUT2D eigenvalue weighted by molar-refractivity contribution is 0.169. The fraction of sp³-hybridized carbons (Fsp3) is 0.889. The van der Waals surface area contributed by atoms with Crippen LogP contribution in [-0.2, 0) is 0 Å². The smallest absolute Gasteiger partial charge is 0.0400 e. The van der Waals surface area contributed by atoms with E-state index >= 15 is 0 Å². The zero-order chi connectivity index (χ0) is 7.52. The first-order valence-electron chi connectivity index (χ1n) is 4.69. The van der Waals surface area contributed by atoms with Gasteiger partial charge in [0.15, 0.2) is 0 Å². The molecule has 0 N–H and O–H groups in total. The first-order chi connectivity index (χ1) is 5.47. The standard InChI is InChI=1S/C9H16N2/c1-2-7-11-8-6-10-5-4-9(11)3-1/h6,9H,1-5,7-8H2. The molecule has 2 rings (SSSR count). The molecule has 2 heterocycles. The maximum absolute atomic E-state index is 4.33. The van der Waals surface area contributed by atoms with Gasteiger partial charge >= 0.3 is 0 Å². The van der Waals surface area contributed by atoms with Crippen molar-refractivity contribution < 1.29 is 0 Å². The largest absolute Gasteiger partial charge is 0.296 e. The zero-order valence-electron chi connectivity index (χ0n) is 7.00. The van der Waals surface area contributed by atoms with Crippen molar-refractivity contribution in [2.45, 2.75) is 31.7 Å². The minimum absolute atomic E-state index is 0.853. The number of hydrogen-bond acceptors (Lipinski definition) is 2. The summed E-state index contributed by atoms with van der Waals surface area (Å²) in [5.74, 6) is 0. The van der Waals surface area contributed by atoms with Gasteiger partial charge < -0.3 is 0 Å². The Balaban J connectivity index is 1.98. The van der Waals surface area contributed by atoms with E-state index < -0.39 is 0 Å². The van der Waals surface area contributed by atoms with E-state index in [1.54, 1.807) is 0 Å². The van der Waals surface area contributed by atoms with Crippen molar-refractivity contribution in [1.29, 1.82) is 0 Å². The van der Waals surface area contributed by atoms with Crippen LogP contribution in [-0.4, -0.2) is 36.8 Å². The van der Waals surface area contributed by atoms with Gasteiger partial charge in [0, 0.05) is 25.3 Å². The third kappa shape index (κ3) is 1.62. The highest BCUT2D eigenvalue weighted by atomic mass is 15.2. The summed E-state index contributed by atoms with van der Waals surface area (Å²) in [5.41, 5.74) is 0. The highest BCUT2D eigenvalue weighted by Gasteiger charge is 2.21. The lowest BCUT2D eigenvalue weighted by atomic mass is 10.00. The lowest BCUT2D eigenvalue weighted by Crippen LogP contribution is -2.39. The molecule has 0 aliphatic carbocycles. The Morgan fingerprint density at radius 2 is 2.27 bits per heavy atom. The maximum atomic E-state index is 4.33. The number of rotatable bonds is 0. The number of hydrogen-bond donors (Lipinski definition) is 0. The van der Waals surface area contributed by atoms with Crippen LogP contribution in [0.25, 0.3) is 0 Å². The SMILES string of the molecule is C1=NCCC2CCCCN2C1. The molecule has 0 saturated carbocycles. The highest BCUT2D eigenvalue weighted by molar-refractivity contribution is 5.60. The van der Waals surface area contributed by atoms with Gasteiger partial charge in [-0.15, -0.1) is 0 Å². The van der Waals surface area contributed by atoms with Gasteiger partial charge in [-0.25, -0.2) is 0 Å². The summed E-state index contributed by atoms with van der Waals surface area (Å²) in [5, 5.41) is 0. The average Bonchev–Trinajstić information content (AvgIpc) is 2.28. The van der Waals surface area contributed by atoms with Crippen LogP contribution in [0, 0.1) is 0 Å². The summed E-state index contributed by atoms with van der Waals surface area (Å²) < 4.78 is 0. The Morgan fingerprint density at radius 1 is 1.27 bits per heavy atom. The second kappa shape index (κ2) is 3.35. The highest BCUT2D eigenvalue weighted by Crippen LogP contribution is 2.19. The third-order valence-corrected chi connectivity index (χ3v) is 2.79. The molecule has 0 amide bonds. The summed E-state index contributed by atoms with van der Waals surface area (Å²) in [6.45, 7) is 3.46. The fourth-order valence-electron chi connectivity index (χ4n) is 2.10. The van der Waals surface area contributed by atoms with Gasteiger partial charge in [0.2, 0.25) is 0 Å². The van der Waals surface area contributed by atoms with Gasteiger partial charge in [-0.2, -0.15) is 0 Å². The van der Waals surface area contributed by atoms with Crippen molar-refractivity contribution in [2.24, 2.45) is 4.99 Å². The molecule has 2 heteroatoms. The summed E-state index contributed by atoms with van der Waals surface area (Å²) in [7, 11) is 0. The van der Waals surface area contributed by atoms with Crippen LogP contribution in [0.4, 0.5) is 0 Å². The maximum Gasteiger partial charge on any atom is 0.0400 e. The molecule has 1 saturated heterocycles. The molecular weight excluding hydrogens is 136 g/mol. The van der Waals surface area contributed by atoms with Crippen molar-refractivity contribution in [3.8, 4) is 0 Å². The minimum Gasteiger partial charge on any atom is -0.296 e. The molecule has 2 aliphatic heterocycles. The molecule has 2 nitrogen and oxygen atoms in total. The normalized spacial score (nSPS) is 32.9. The van der Waals surface area contributed by atoms with Gasteiger partial charge in [-0.05, 0) is 25.8 Å². The molecule has 1 fully saturated rings. The van der Waals surface area contributed by atoms with Crippen LogP contribution in [0.5, 0.6) is 0 Å². The van der Waals surface area contributed by atoms with Crippen molar-refractivity contribution >= 4 is 6.21 Å². The van der Waals surface area contributed by atoms with Gasteiger partial charge in [-0.3, -0.25) is 9.89 Å². The summed E-state index contributed by atoms with van der Waals surface area (Å²) in [6, 6.07) is 0.853. The number of fused-ring (bicyclic) bond motifs is 1. The van der Waals surface area contributed by atoms with Crippen LogP contribution >= 0.6 is 0 Å². The quantitative estimate of drug-likeness (QED) is 0.511. The summed E-state index contributed by atoms with van der Waals surface area (Å²) >= 11 is 0. The number of piperidine rings is 1. The molecule has 1 unspecified atom stereocenters. The fourth-order valence-corrected chi connectivity index (χ4v) is 2.10. The van der Waals surface area contributed by atoms with Gasteiger partial charge in [-0.1, -0.05) is 6.42 Å². The van der Waals surface area contributed by atoms with Crippen LogP contribution in [0.2, 0.25) is 0 Å². The van der Waals surface area contributed by atoms with Crippen molar-refractivity contribution in [1.82, 2.24) is 4.90 Å². The first kappa shape index (κ1) is 7.29. The van der Waals surface area contributed by atoms with Crippen molar-refractivity contribution in [2.75, 3.05) is 19.6 Å². The van der Waals surface area contributed by atoms with E-state index in [0.29, 0.717) is 0 Å². The summed E-state index contributed by atoms with van der Waals surface area (Å²) in [6.07, 6.45) is 7.61. The second-order valence-electron chi connectivity index (χ2n) is 3.52. The Hall–Kier alpha value is -0.370. The topological polar surface area (TPSA) is 15.6 Å². The monoisotopic (exact) mass is 152 g/mol. The molecule has 0 aromatic rings. The molecular formula is C9H16N2. The molecule has 0 bridgehead atoms. The lowest BCUT2D eigenvalue weighted by Gasteiger charge is -2.33. The Labute approximate surface area is 68.3 Å². The van der Waals surface area contributed by atoms with E-state index in [-0.39, 0.29) is 0 Å². The van der Waals surface area contributed by atoms with Crippen LogP contribution < -0.4 is 0 Å². The molecule has 11 heavy (non-hydrogen) atoms. The zero-order valence-corrected chi connectivity index (χ0v) is 7.00. The predicted molar refractivity (Wildman–Crippen MR) is 47.2 cm³/mol. The van der Waals surface area contributed by atoms with E-state index in [4.69, 9.17) is 0 Å². The van der Waals surface area contributed by atoms with Crippen LogP contribution in [0.3, 0.4) is 0 Å². The molecule has 2 aliphatic rings. The average molecular weight is 152 g/mol. The van der Waals surface area contributed by atoms with Crippen molar-refractivity contribution in [3.05, 3.63) is 0 Å². The first-order valence-corrected chi connectivity index (χ1v) is 4.69. The Kier molecular flexibility index (Phi) is 2.22. The second-order valence-corrected chi connectivity index (χ2v) is 3.52. The molecule has 0 aromatic heterocycles. The molecule has 0 radical (unpaired) electrons. The Morgan fingerprint density at radius 3 is 3.27 bits per heavy atom. The molecule has 0 spiro atoms. The van der Waals surface area contributed by atoms with E-state index in [1.165, 1.54) is 32.2 Å². The minimum atomic E-state index is 0.853. The van der Waals surface area contributed by atoms with E-state index in [9.17, 15) is 0 Å². The third-order valence-electron chi connectivity index (χ3n) is 2.79. The van der Waals surface area contributed by atoms with Gasteiger partial charge in [0.05, 0.1) is 0 Å². The van der Waals surface area contributed by atoms with Crippen molar-refractivity contribution in [3.63, 3.8) is 0 Å². The molecule has 62 valence electrons. The van der Waals surface area contributed by atoms with Crippen LogP contribution in [0.1, 0.15) is 25.7 Å². The van der Waals surface area contributed by atoms with Gasteiger partial charge in [0.25, 0.3) is 0 Å². The van der Waals surface area contributed by atoms with Crippen LogP contribution in [0.15, 0.2) is 4.99 Å². The summed E-state index contributed by atoms with van der Waals surface area (Å²) in [4.78, 5) is 6.91. The molecule has 0 aromatic carbocycles. The number of aliphatic imine (C=N–C) groups is 1.